The van der Waals surface area contributed by atoms with Crippen LogP contribution in [0.4, 0.5) is 0 Å². The standard InChI is InChI=1S/C14H25N3O/c1-4-15-14(12-5-7-18-8-6-12)10-13-9-11(2)16-17(13)3/h9,12,14-15H,4-8,10H2,1-3H3. The van der Waals surface area contributed by atoms with Gasteiger partial charge < -0.3 is 10.1 Å². The van der Waals surface area contributed by atoms with Crippen LogP contribution >= 0.6 is 0 Å². The molecule has 2 heterocycles. The summed E-state index contributed by atoms with van der Waals surface area (Å²) in [6.07, 6.45) is 3.42. The Hall–Kier alpha value is -0.870. The average molecular weight is 251 g/mol. The van der Waals surface area contributed by atoms with E-state index in [0.29, 0.717) is 6.04 Å². The first-order valence-corrected chi connectivity index (χ1v) is 7.01. The Balaban J connectivity index is 2.02. The lowest BCUT2D eigenvalue weighted by molar-refractivity contribution is 0.0537. The molecule has 4 nitrogen and oxygen atoms in total. The molecule has 0 radical (unpaired) electrons. The zero-order valence-electron chi connectivity index (χ0n) is 11.8. The Labute approximate surface area is 110 Å². The van der Waals surface area contributed by atoms with E-state index in [2.05, 4.69) is 30.3 Å². The first-order chi connectivity index (χ1) is 8.70. The molecule has 1 unspecified atom stereocenters. The molecule has 0 aliphatic carbocycles. The minimum Gasteiger partial charge on any atom is -0.381 e. The molecule has 0 aromatic carbocycles. The highest BCUT2D eigenvalue weighted by Crippen LogP contribution is 2.21. The van der Waals surface area contributed by atoms with E-state index in [-0.39, 0.29) is 0 Å². The molecule has 0 spiro atoms. The minimum absolute atomic E-state index is 0.550. The fourth-order valence-corrected chi connectivity index (χ4v) is 2.87. The van der Waals surface area contributed by atoms with Crippen molar-refractivity contribution in [2.45, 2.75) is 39.2 Å². The largest absolute Gasteiger partial charge is 0.381 e. The molecule has 102 valence electrons. The van der Waals surface area contributed by atoms with Crippen molar-refractivity contribution >= 4 is 0 Å². The van der Waals surface area contributed by atoms with E-state index in [1.807, 2.05) is 11.7 Å². The van der Waals surface area contributed by atoms with Gasteiger partial charge in [-0.3, -0.25) is 4.68 Å². The summed E-state index contributed by atoms with van der Waals surface area (Å²) in [7, 11) is 2.04. The fourth-order valence-electron chi connectivity index (χ4n) is 2.87. The predicted octanol–water partition coefficient (Wildman–Crippen LogP) is 1.68. The number of ether oxygens (including phenoxy) is 1. The minimum atomic E-state index is 0.550. The van der Waals surface area contributed by atoms with Crippen molar-refractivity contribution in [1.29, 1.82) is 0 Å². The van der Waals surface area contributed by atoms with E-state index < -0.39 is 0 Å². The molecule has 1 saturated heterocycles. The van der Waals surface area contributed by atoms with Crippen molar-refractivity contribution in [3.05, 3.63) is 17.5 Å². The zero-order valence-corrected chi connectivity index (χ0v) is 11.8. The molecule has 4 heteroatoms. The zero-order chi connectivity index (χ0) is 13.0. The van der Waals surface area contributed by atoms with Gasteiger partial charge in [-0.1, -0.05) is 6.92 Å². The van der Waals surface area contributed by atoms with E-state index in [1.165, 1.54) is 18.5 Å². The van der Waals surface area contributed by atoms with Gasteiger partial charge in [-0.2, -0.15) is 5.10 Å². The lowest BCUT2D eigenvalue weighted by atomic mass is 9.88. The third kappa shape index (κ3) is 3.33. The number of rotatable bonds is 5. The van der Waals surface area contributed by atoms with Crippen LogP contribution in [0, 0.1) is 12.8 Å². The summed E-state index contributed by atoms with van der Waals surface area (Å²) in [4.78, 5) is 0. The van der Waals surface area contributed by atoms with Gasteiger partial charge in [0.2, 0.25) is 0 Å². The van der Waals surface area contributed by atoms with Crippen molar-refractivity contribution in [1.82, 2.24) is 15.1 Å². The van der Waals surface area contributed by atoms with Crippen LogP contribution in [0.2, 0.25) is 0 Å². The summed E-state index contributed by atoms with van der Waals surface area (Å²) in [5.74, 6) is 0.730. The highest BCUT2D eigenvalue weighted by Gasteiger charge is 2.24. The molecular weight excluding hydrogens is 226 g/mol. The molecule has 1 atom stereocenters. The first kappa shape index (κ1) is 13.6. The van der Waals surface area contributed by atoms with Crippen molar-refractivity contribution in [2.24, 2.45) is 13.0 Å². The molecule has 18 heavy (non-hydrogen) atoms. The molecule has 1 aromatic rings. The van der Waals surface area contributed by atoms with E-state index in [4.69, 9.17) is 4.74 Å². The Morgan fingerprint density at radius 3 is 2.78 bits per heavy atom. The smallest absolute Gasteiger partial charge is 0.0596 e. The molecule has 1 fully saturated rings. The molecular formula is C14H25N3O. The molecule has 0 bridgehead atoms. The van der Waals surface area contributed by atoms with E-state index in [1.54, 1.807) is 0 Å². The third-order valence-electron chi connectivity index (χ3n) is 3.83. The van der Waals surface area contributed by atoms with Gasteiger partial charge in [0.1, 0.15) is 0 Å². The van der Waals surface area contributed by atoms with Gasteiger partial charge in [0.25, 0.3) is 0 Å². The van der Waals surface area contributed by atoms with Crippen LogP contribution in [0.1, 0.15) is 31.2 Å². The molecule has 0 saturated carbocycles. The maximum absolute atomic E-state index is 5.46. The number of likely N-dealkylation sites (N-methyl/N-ethyl adjacent to an activating group) is 1. The van der Waals surface area contributed by atoms with Crippen LogP contribution in [0.15, 0.2) is 6.07 Å². The van der Waals surface area contributed by atoms with Gasteiger partial charge in [0, 0.05) is 38.4 Å². The number of aromatic nitrogens is 2. The van der Waals surface area contributed by atoms with Crippen LogP contribution in [0.3, 0.4) is 0 Å². The van der Waals surface area contributed by atoms with Gasteiger partial charge in [-0.25, -0.2) is 0 Å². The van der Waals surface area contributed by atoms with Crippen molar-refractivity contribution in [3.63, 3.8) is 0 Å². The summed E-state index contributed by atoms with van der Waals surface area (Å²) >= 11 is 0. The quantitative estimate of drug-likeness (QED) is 0.865. The summed E-state index contributed by atoms with van der Waals surface area (Å²) in [6.45, 7) is 7.09. The van der Waals surface area contributed by atoms with Crippen molar-refractivity contribution in [2.75, 3.05) is 19.8 Å². The number of nitrogens with one attached hydrogen (secondary N) is 1. The summed E-state index contributed by atoms with van der Waals surface area (Å²) in [5, 5.41) is 8.07. The van der Waals surface area contributed by atoms with E-state index in [0.717, 1.165) is 37.8 Å². The van der Waals surface area contributed by atoms with Gasteiger partial charge in [-0.15, -0.1) is 0 Å². The molecule has 2 rings (SSSR count). The Morgan fingerprint density at radius 1 is 1.50 bits per heavy atom. The fraction of sp³-hybridized carbons (Fsp3) is 0.786. The highest BCUT2D eigenvalue weighted by atomic mass is 16.5. The van der Waals surface area contributed by atoms with Crippen molar-refractivity contribution in [3.8, 4) is 0 Å². The van der Waals surface area contributed by atoms with Crippen LogP contribution in [-0.4, -0.2) is 35.6 Å². The SMILES string of the molecule is CCNC(Cc1cc(C)nn1C)C1CCOCC1. The number of hydrogen-bond acceptors (Lipinski definition) is 3. The molecule has 0 amide bonds. The predicted molar refractivity (Wildman–Crippen MR) is 72.7 cm³/mol. The summed E-state index contributed by atoms with van der Waals surface area (Å²) in [5.41, 5.74) is 2.43. The third-order valence-corrected chi connectivity index (χ3v) is 3.83. The topological polar surface area (TPSA) is 39.1 Å². The lowest BCUT2D eigenvalue weighted by Crippen LogP contribution is -2.41. The van der Waals surface area contributed by atoms with Gasteiger partial charge in [-0.05, 0) is 38.3 Å². The maximum Gasteiger partial charge on any atom is 0.0596 e. The van der Waals surface area contributed by atoms with Gasteiger partial charge >= 0.3 is 0 Å². The monoisotopic (exact) mass is 251 g/mol. The average Bonchev–Trinajstić information content (AvgIpc) is 2.68. The van der Waals surface area contributed by atoms with Crippen LogP contribution in [-0.2, 0) is 18.2 Å². The second-order valence-electron chi connectivity index (χ2n) is 5.22. The number of hydrogen-bond donors (Lipinski definition) is 1. The van der Waals surface area contributed by atoms with Crippen molar-refractivity contribution < 1.29 is 4.74 Å². The lowest BCUT2D eigenvalue weighted by Gasteiger charge is -2.31. The molecule has 1 aromatic heterocycles. The Bertz CT molecular complexity index is 369. The van der Waals surface area contributed by atoms with Crippen LogP contribution < -0.4 is 5.32 Å². The molecule has 1 aliphatic heterocycles. The second kappa shape index (κ2) is 6.34. The number of nitrogens with zero attached hydrogens (tertiary/aromatic N) is 2. The van der Waals surface area contributed by atoms with Crippen LogP contribution in [0.5, 0.6) is 0 Å². The molecule has 1 N–H and O–H groups in total. The summed E-state index contributed by atoms with van der Waals surface area (Å²) in [6, 6.07) is 2.75. The molecule has 1 aliphatic rings. The van der Waals surface area contributed by atoms with Crippen LogP contribution in [0.25, 0.3) is 0 Å². The summed E-state index contributed by atoms with van der Waals surface area (Å²) < 4.78 is 7.47. The normalized spacial score (nSPS) is 19.1. The van der Waals surface area contributed by atoms with E-state index in [9.17, 15) is 0 Å². The van der Waals surface area contributed by atoms with E-state index >= 15 is 0 Å². The maximum atomic E-state index is 5.46. The Morgan fingerprint density at radius 2 is 2.22 bits per heavy atom. The Kier molecular flexibility index (Phi) is 4.78. The highest BCUT2D eigenvalue weighted by molar-refractivity contribution is 5.10. The van der Waals surface area contributed by atoms with Gasteiger partial charge in [0.15, 0.2) is 0 Å². The van der Waals surface area contributed by atoms with Gasteiger partial charge in [0.05, 0.1) is 5.69 Å². The first-order valence-electron chi connectivity index (χ1n) is 7.01. The second-order valence-corrected chi connectivity index (χ2v) is 5.22. The number of aryl methyl sites for hydroxylation is 2.